The summed E-state index contributed by atoms with van der Waals surface area (Å²) in [4.78, 5) is 26.9. The molecule has 0 saturated carbocycles. The number of fused-ring (bicyclic) bond motifs is 1. The van der Waals surface area contributed by atoms with E-state index >= 15 is 0 Å². The molecule has 22 heavy (non-hydrogen) atoms. The van der Waals surface area contributed by atoms with E-state index < -0.39 is 27.9 Å². The highest BCUT2D eigenvalue weighted by Crippen LogP contribution is 2.21. The average molecular weight is 319 g/mol. The van der Waals surface area contributed by atoms with E-state index in [9.17, 15) is 18.0 Å². The molecule has 1 aromatic carbocycles. The third-order valence-electron chi connectivity index (χ3n) is 3.42. The molecule has 0 bridgehead atoms. The van der Waals surface area contributed by atoms with Gasteiger partial charge in [-0.15, -0.1) is 0 Å². The van der Waals surface area contributed by atoms with Crippen molar-refractivity contribution in [2.45, 2.75) is 23.8 Å². The molecule has 2 N–H and O–H groups in total. The number of carbonyl (C=O) groups excluding carboxylic acids is 2. The number of hydrogen-bond donors (Lipinski definition) is 2. The Labute approximate surface area is 126 Å². The van der Waals surface area contributed by atoms with E-state index in [-0.39, 0.29) is 17.7 Å². The number of benzene rings is 1. The Hall–Kier alpha value is -2.32. The monoisotopic (exact) mass is 319 g/mol. The van der Waals surface area contributed by atoms with Crippen LogP contribution >= 0.6 is 0 Å². The molecule has 1 aliphatic rings. The smallest absolute Gasteiger partial charge is 0.244 e. The molecule has 2 heterocycles. The van der Waals surface area contributed by atoms with E-state index in [4.69, 9.17) is 0 Å². The van der Waals surface area contributed by atoms with Crippen LogP contribution < -0.4 is 10.0 Å². The van der Waals surface area contributed by atoms with Crippen LogP contribution in [-0.2, 0) is 19.6 Å². The van der Waals surface area contributed by atoms with Gasteiger partial charge >= 0.3 is 0 Å². The summed E-state index contributed by atoms with van der Waals surface area (Å²) in [5.74, 6) is -1.03. The topological polar surface area (TPSA) is 105 Å². The molecular weight excluding hydrogens is 306 g/mol. The lowest BCUT2D eigenvalue weighted by atomic mass is 10.1. The highest BCUT2D eigenvalue weighted by atomic mass is 32.2. The highest BCUT2D eigenvalue weighted by molar-refractivity contribution is 7.89. The van der Waals surface area contributed by atoms with Crippen molar-refractivity contribution in [1.29, 1.82) is 0 Å². The number of aromatic nitrogens is 1. The van der Waals surface area contributed by atoms with Gasteiger partial charge in [-0.05, 0) is 18.6 Å². The third kappa shape index (κ3) is 2.70. The standard InChI is InChI=1S/C14H13N3O4S/c18-12-7-6-10(14(19)16-12)17-22(20,21)11-5-1-3-9-4-2-8-15-13(9)11/h1-5,8,10,17H,6-7H2,(H,16,18,19). The Kier molecular flexibility index (Phi) is 3.63. The Bertz CT molecular complexity index is 858. The minimum atomic E-state index is -3.92. The number of piperidine rings is 1. The predicted molar refractivity (Wildman–Crippen MR) is 78.2 cm³/mol. The number of nitrogens with one attached hydrogen (secondary N) is 2. The summed E-state index contributed by atoms with van der Waals surface area (Å²) in [6.45, 7) is 0. The van der Waals surface area contributed by atoms with Crippen molar-refractivity contribution in [3.63, 3.8) is 0 Å². The Morgan fingerprint density at radius 1 is 1.18 bits per heavy atom. The Morgan fingerprint density at radius 2 is 1.95 bits per heavy atom. The Morgan fingerprint density at radius 3 is 2.73 bits per heavy atom. The summed E-state index contributed by atoms with van der Waals surface area (Å²) in [6, 6.07) is 7.32. The van der Waals surface area contributed by atoms with E-state index in [1.165, 1.54) is 12.3 Å². The van der Waals surface area contributed by atoms with Crippen molar-refractivity contribution in [3.8, 4) is 0 Å². The molecule has 1 fully saturated rings. The van der Waals surface area contributed by atoms with Crippen molar-refractivity contribution in [3.05, 3.63) is 36.5 Å². The Balaban J connectivity index is 1.95. The molecule has 1 atom stereocenters. The van der Waals surface area contributed by atoms with Gasteiger partial charge in [0.05, 0.1) is 5.52 Å². The zero-order valence-electron chi connectivity index (χ0n) is 11.4. The first-order chi connectivity index (χ1) is 10.5. The zero-order valence-corrected chi connectivity index (χ0v) is 12.3. The van der Waals surface area contributed by atoms with Crippen LogP contribution in [0.4, 0.5) is 0 Å². The molecule has 114 valence electrons. The lowest BCUT2D eigenvalue weighted by molar-refractivity contribution is -0.134. The second-order valence-corrected chi connectivity index (χ2v) is 6.64. The summed E-state index contributed by atoms with van der Waals surface area (Å²) < 4.78 is 27.4. The van der Waals surface area contributed by atoms with Crippen molar-refractivity contribution < 1.29 is 18.0 Å². The minimum Gasteiger partial charge on any atom is -0.295 e. The van der Waals surface area contributed by atoms with Crippen LogP contribution in [0.2, 0.25) is 0 Å². The van der Waals surface area contributed by atoms with Crippen LogP contribution in [0.5, 0.6) is 0 Å². The molecule has 1 aliphatic heterocycles. The van der Waals surface area contributed by atoms with Gasteiger partial charge in [0.15, 0.2) is 0 Å². The fourth-order valence-electron chi connectivity index (χ4n) is 2.35. The van der Waals surface area contributed by atoms with Gasteiger partial charge in [-0.3, -0.25) is 19.9 Å². The van der Waals surface area contributed by atoms with Gasteiger partial charge < -0.3 is 0 Å². The number of pyridine rings is 1. The molecule has 1 aromatic heterocycles. The zero-order chi connectivity index (χ0) is 15.7. The number of para-hydroxylation sites is 1. The quantitative estimate of drug-likeness (QED) is 0.793. The number of sulfonamides is 1. The molecule has 0 aliphatic carbocycles. The first kappa shape index (κ1) is 14.6. The number of rotatable bonds is 3. The fraction of sp³-hybridized carbons (Fsp3) is 0.214. The van der Waals surface area contributed by atoms with Gasteiger partial charge in [-0.2, -0.15) is 4.72 Å². The van der Waals surface area contributed by atoms with Crippen LogP contribution in [-0.4, -0.2) is 31.3 Å². The predicted octanol–water partition coefficient (Wildman–Crippen LogP) is 0.318. The summed E-state index contributed by atoms with van der Waals surface area (Å²) in [5.41, 5.74) is 0.338. The molecule has 2 amide bonds. The van der Waals surface area contributed by atoms with E-state index in [1.807, 2.05) is 0 Å². The van der Waals surface area contributed by atoms with Gasteiger partial charge in [-0.1, -0.05) is 18.2 Å². The minimum absolute atomic E-state index is 0.00954. The van der Waals surface area contributed by atoms with Crippen LogP contribution in [0.15, 0.2) is 41.4 Å². The van der Waals surface area contributed by atoms with Gasteiger partial charge in [0.2, 0.25) is 21.8 Å². The summed E-state index contributed by atoms with van der Waals surface area (Å²) in [5, 5.41) is 2.81. The van der Waals surface area contributed by atoms with Gasteiger partial charge in [0.25, 0.3) is 0 Å². The maximum absolute atomic E-state index is 12.5. The number of amides is 2. The van der Waals surface area contributed by atoms with E-state index in [1.54, 1.807) is 24.3 Å². The number of imide groups is 1. The fourth-order valence-corrected chi connectivity index (χ4v) is 3.76. The molecule has 8 heteroatoms. The number of carbonyl (C=O) groups is 2. The van der Waals surface area contributed by atoms with Crippen LogP contribution in [0.3, 0.4) is 0 Å². The SMILES string of the molecule is O=C1CCC(NS(=O)(=O)c2cccc3cccnc23)C(=O)N1. The average Bonchev–Trinajstić information content (AvgIpc) is 2.49. The van der Waals surface area contributed by atoms with Crippen molar-refractivity contribution in [2.75, 3.05) is 0 Å². The largest absolute Gasteiger partial charge is 0.295 e. The summed E-state index contributed by atoms with van der Waals surface area (Å²) in [7, 11) is -3.92. The van der Waals surface area contributed by atoms with Crippen LogP contribution in [0.25, 0.3) is 10.9 Å². The second-order valence-electron chi connectivity index (χ2n) is 4.96. The highest BCUT2D eigenvalue weighted by Gasteiger charge is 2.31. The molecule has 7 nitrogen and oxygen atoms in total. The van der Waals surface area contributed by atoms with Crippen LogP contribution in [0, 0.1) is 0 Å². The first-order valence-electron chi connectivity index (χ1n) is 6.67. The number of nitrogens with zero attached hydrogens (tertiary/aromatic N) is 1. The van der Waals surface area contributed by atoms with Gasteiger partial charge in [-0.25, -0.2) is 8.42 Å². The lowest BCUT2D eigenvalue weighted by Gasteiger charge is -2.21. The molecule has 2 aromatic rings. The molecule has 1 unspecified atom stereocenters. The lowest BCUT2D eigenvalue weighted by Crippen LogP contribution is -2.52. The number of hydrogen-bond acceptors (Lipinski definition) is 5. The summed E-state index contributed by atoms with van der Waals surface area (Å²) in [6.07, 6.45) is 1.75. The van der Waals surface area contributed by atoms with Crippen molar-refractivity contribution in [1.82, 2.24) is 15.0 Å². The summed E-state index contributed by atoms with van der Waals surface area (Å²) >= 11 is 0. The van der Waals surface area contributed by atoms with E-state index in [0.717, 1.165) is 0 Å². The maximum atomic E-state index is 12.5. The maximum Gasteiger partial charge on any atom is 0.244 e. The van der Waals surface area contributed by atoms with Crippen molar-refractivity contribution in [2.24, 2.45) is 0 Å². The van der Waals surface area contributed by atoms with Gasteiger partial charge in [0, 0.05) is 18.0 Å². The van der Waals surface area contributed by atoms with E-state index in [0.29, 0.717) is 10.9 Å². The molecule has 1 saturated heterocycles. The van der Waals surface area contributed by atoms with Crippen molar-refractivity contribution >= 4 is 32.7 Å². The van der Waals surface area contributed by atoms with Crippen LogP contribution in [0.1, 0.15) is 12.8 Å². The second kappa shape index (κ2) is 5.47. The first-order valence-corrected chi connectivity index (χ1v) is 8.15. The third-order valence-corrected chi connectivity index (χ3v) is 4.93. The molecular formula is C14H13N3O4S. The van der Waals surface area contributed by atoms with E-state index in [2.05, 4.69) is 15.0 Å². The normalized spacial score (nSPS) is 19.2. The molecule has 3 rings (SSSR count). The van der Waals surface area contributed by atoms with Gasteiger partial charge in [0.1, 0.15) is 10.9 Å². The molecule has 0 radical (unpaired) electrons. The molecule has 0 spiro atoms.